The van der Waals surface area contributed by atoms with Gasteiger partial charge in [-0.25, -0.2) is 0 Å². The first-order valence-corrected chi connectivity index (χ1v) is 9.84. The van der Waals surface area contributed by atoms with Crippen LogP contribution in [-0.4, -0.2) is 12.2 Å². The largest absolute Gasteiger partial charge is 0.369 e. The molecule has 1 fully saturated rings. The van der Waals surface area contributed by atoms with E-state index in [9.17, 15) is 0 Å². The zero-order chi connectivity index (χ0) is 15.9. The van der Waals surface area contributed by atoms with E-state index in [0.29, 0.717) is 12.2 Å². The molecule has 1 nitrogen and oxygen atoms in total. The molecule has 1 saturated heterocycles. The Labute approximate surface area is 139 Å². The molecule has 0 aromatic heterocycles. The highest BCUT2D eigenvalue weighted by atomic mass is 16.6. The van der Waals surface area contributed by atoms with Crippen LogP contribution in [0.3, 0.4) is 0 Å². The topological polar surface area (TPSA) is 12.5 Å². The Bertz CT molecular complexity index is 292. The van der Waals surface area contributed by atoms with E-state index >= 15 is 0 Å². The molecule has 128 valence electrons. The second kappa shape index (κ2) is 14.1. The summed E-state index contributed by atoms with van der Waals surface area (Å²) in [6, 6.07) is 0. The minimum absolute atomic E-state index is 0.528. The van der Waals surface area contributed by atoms with Gasteiger partial charge in [0.1, 0.15) is 0 Å². The first-order chi connectivity index (χ1) is 10.9. The van der Waals surface area contributed by atoms with Gasteiger partial charge in [0.15, 0.2) is 0 Å². The average Bonchev–Trinajstić information content (AvgIpc) is 3.27. The summed E-state index contributed by atoms with van der Waals surface area (Å²) in [5, 5.41) is 0. The van der Waals surface area contributed by atoms with E-state index in [1.54, 1.807) is 0 Å². The normalized spacial score (nSPS) is 21.2. The lowest BCUT2D eigenvalue weighted by molar-refractivity contribution is 0.358. The summed E-state index contributed by atoms with van der Waals surface area (Å²) >= 11 is 0. The van der Waals surface area contributed by atoms with Crippen LogP contribution in [0, 0.1) is 0 Å². The molecular weight excluding hydrogens is 268 g/mol. The van der Waals surface area contributed by atoms with Crippen molar-refractivity contribution in [2.75, 3.05) is 0 Å². The number of rotatable bonds is 15. The highest BCUT2D eigenvalue weighted by molar-refractivity contribution is 4.97. The number of hydrogen-bond acceptors (Lipinski definition) is 1. The molecule has 0 spiro atoms. The summed E-state index contributed by atoms with van der Waals surface area (Å²) < 4.78 is 5.75. The third-order valence-electron chi connectivity index (χ3n) is 4.49. The van der Waals surface area contributed by atoms with Gasteiger partial charge in [-0.2, -0.15) is 0 Å². The van der Waals surface area contributed by atoms with Crippen molar-refractivity contribution >= 4 is 0 Å². The van der Waals surface area contributed by atoms with Gasteiger partial charge in [0.05, 0.1) is 12.2 Å². The van der Waals surface area contributed by atoms with Gasteiger partial charge in [0.25, 0.3) is 0 Å². The molecule has 0 aromatic carbocycles. The maximum atomic E-state index is 5.75. The molecule has 0 bridgehead atoms. The first-order valence-electron chi connectivity index (χ1n) is 9.84. The van der Waals surface area contributed by atoms with Gasteiger partial charge < -0.3 is 4.74 Å². The number of ether oxygens (including phenoxy) is 1. The Morgan fingerprint density at radius 1 is 0.682 bits per heavy atom. The van der Waals surface area contributed by atoms with Crippen LogP contribution >= 0.6 is 0 Å². The standard InChI is InChI=1S/C21H38O/c1-3-5-7-9-11-12-13-15-17-19-21-20(22-21)18-16-14-10-8-6-4-2/h6,8,14,16,20-21H,3-5,7,9-13,15,17-19H2,1-2H3/b8-6-,16-14?. The summed E-state index contributed by atoms with van der Waals surface area (Å²) in [6.45, 7) is 4.46. The van der Waals surface area contributed by atoms with E-state index in [4.69, 9.17) is 4.74 Å². The molecule has 1 heterocycles. The van der Waals surface area contributed by atoms with Crippen LogP contribution in [-0.2, 0) is 4.74 Å². The van der Waals surface area contributed by atoms with Gasteiger partial charge in [-0.05, 0) is 25.7 Å². The number of epoxide rings is 1. The summed E-state index contributed by atoms with van der Waals surface area (Å²) in [7, 11) is 0. The van der Waals surface area contributed by atoms with Crippen molar-refractivity contribution in [1.82, 2.24) is 0 Å². The molecule has 1 aliphatic rings. The van der Waals surface area contributed by atoms with Crippen molar-refractivity contribution in [3.05, 3.63) is 24.3 Å². The molecule has 1 rings (SSSR count). The Balaban J connectivity index is 1.81. The maximum Gasteiger partial charge on any atom is 0.0876 e. The predicted octanol–water partition coefficient (Wildman–Crippen LogP) is 6.98. The molecule has 0 amide bonds. The number of allylic oxidation sites excluding steroid dienone is 3. The minimum Gasteiger partial charge on any atom is -0.369 e. The lowest BCUT2D eigenvalue weighted by Crippen LogP contribution is -1.93. The SMILES string of the molecule is CC/C=C\CC=CCC1OC1CCCCCCCCCCC. The summed E-state index contributed by atoms with van der Waals surface area (Å²) in [5.74, 6) is 0. The van der Waals surface area contributed by atoms with Crippen LogP contribution in [0.5, 0.6) is 0 Å². The molecule has 2 unspecified atom stereocenters. The van der Waals surface area contributed by atoms with Gasteiger partial charge in [-0.1, -0.05) is 95.9 Å². The van der Waals surface area contributed by atoms with Crippen LogP contribution in [0.2, 0.25) is 0 Å². The van der Waals surface area contributed by atoms with Crippen LogP contribution in [0.15, 0.2) is 24.3 Å². The van der Waals surface area contributed by atoms with Crippen molar-refractivity contribution in [2.45, 2.75) is 110 Å². The Kier molecular flexibility index (Phi) is 12.5. The van der Waals surface area contributed by atoms with Gasteiger partial charge in [-0.15, -0.1) is 0 Å². The maximum absolute atomic E-state index is 5.75. The quantitative estimate of drug-likeness (QED) is 0.181. The molecule has 2 atom stereocenters. The monoisotopic (exact) mass is 306 g/mol. The fourth-order valence-corrected chi connectivity index (χ4v) is 2.96. The van der Waals surface area contributed by atoms with E-state index in [1.807, 2.05) is 0 Å². The van der Waals surface area contributed by atoms with Crippen molar-refractivity contribution < 1.29 is 4.74 Å². The average molecular weight is 307 g/mol. The zero-order valence-corrected chi connectivity index (χ0v) is 15.1. The van der Waals surface area contributed by atoms with E-state index in [1.165, 1.54) is 64.2 Å². The van der Waals surface area contributed by atoms with Gasteiger partial charge in [0.2, 0.25) is 0 Å². The molecule has 0 N–H and O–H groups in total. The van der Waals surface area contributed by atoms with E-state index in [-0.39, 0.29) is 0 Å². The lowest BCUT2D eigenvalue weighted by atomic mass is 10.0. The number of hydrogen-bond donors (Lipinski definition) is 0. The molecular formula is C21H38O. The second-order valence-electron chi connectivity index (χ2n) is 6.65. The fraction of sp³-hybridized carbons (Fsp3) is 0.810. The summed E-state index contributed by atoms with van der Waals surface area (Å²) in [4.78, 5) is 0. The lowest BCUT2D eigenvalue weighted by Gasteiger charge is -2.01. The van der Waals surface area contributed by atoms with Crippen molar-refractivity contribution in [3.63, 3.8) is 0 Å². The van der Waals surface area contributed by atoms with Gasteiger partial charge in [-0.3, -0.25) is 0 Å². The fourth-order valence-electron chi connectivity index (χ4n) is 2.96. The Morgan fingerprint density at radius 3 is 2.00 bits per heavy atom. The molecule has 0 aliphatic carbocycles. The molecule has 0 aromatic rings. The van der Waals surface area contributed by atoms with E-state index in [0.717, 1.165) is 19.3 Å². The van der Waals surface area contributed by atoms with Gasteiger partial charge >= 0.3 is 0 Å². The van der Waals surface area contributed by atoms with Crippen molar-refractivity contribution in [1.29, 1.82) is 0 Å². The predicted molar refractivity (Wildman–Crippen MR) is 98.3 cm³/mol. The molecule has 22 heavy (non-hydrogen) atoms. The third kappa shape index (κ3) is 11.1. The van der Waals surface area contributed by atoms with E-state index < -0.39 is 0 Å². The Hall–Kier alpha value is -0.560. The van der Waals surface area contributed by atoms with Crippen LogP contribution in [0.25, 0.3) is 0 Å². The third-order valence-corrected chi connectivity index (χ3v) is 4.49. The zero-order valence-electron chi connectivity index (χ0n) is 15.1. The highest BCUT2D eigenvalue weighted by Crippen LogP contribution is 2.30. The molecule has 0 saturated carbocycles. The van der Waals surface area contributed by atoms with Crippen molar-refractivity contribution in [3.8, 4) is 0 Å². The molecule has 1 heteroatoms. The molecule has 0 radical (unpaired) electrons. The van der Waals surface area contributed by atoms with Gasteiger partial charge in [0, 0.05) is 0 Å². The van der Waals surface area contributed by atoms with Crippen molar-refractivity contribution in [2.24, 2.45) is 0 Å². The smallest absolute Gasteiger partial charge is 0.0876 e. The van der Waals surface area contributed by atoms with Crippen LogP contribution in [0.1, 0.15) is 97.3 Å². The van der Waals surface area contributed by atoms with Crippen LogP contribution < -0.4 is 0 Å². The summed E-state index contributed by atoms with van der Waals surface area (Å²) in [5.41, 5.74) is 0. The highest BCUT2D eigenvalue weighted by Gasteiger charge is 2.36. The minimum atomic E-state index is 0.528. The number of unbranched alkanes of at least 4 members (excludes halogenated alkanes) is 8. The molecule has 1 aliphatic heterocycles. The second-order valence-corrected chi connectivity index (χ2v) is 6.65. The Morgan fingerprint density at radius 2 is 1.32 bits per heavy atom. The summed E-state index contributed by atoms with van der Waals surface area (Å²) in [6.07, 6.45) is 27.5. The van der Waals surface area contributed by atoms with Crippen LogP contribution in [0.4, 0.5) is 0 Å². The first kappa shape index (κ1) is 19.5. The van der Waals surface area contributed by atoms with E-state index in [2.05, 4.69) is 38.2 Å².